The Morgan fingerprint density at radius 2 is 1.95 bits per heavy atom. The molecule has 6 nitrogen and oxygen atoms in total. The molecule has 1 saturated heterocycles. The van der Waals surface area contributed by atoms with Crippen LogP contribution < -0.4 is 10.2 Å². The van der Waals surface area contributed by atoms with Crippen LogP contribution in [0.1, 0.15) is 20.3 Å². The van der Waals surface area contributed by atoms with E-state index in [1.807, 2.05) is 11.8 Å². The van der Waals surface area contributed by atoms with Gasteiger partial charge in [-0.2, -0.15) is 0 Å². The lowest BCUT2D eigenvalue weighted by Gasteiger charge is -2.35. The smallest absolute Gasteiger partial charge is 0.317 e. The number of carbonyl (C=O) groups is 1. The number of nitrogens with one attached hydrogen (secondary N) is 1. The van der Waals surface area contributed by atoms with E-state index in [2.05, 4.69) is 43.0 Å². The van der Waals surface area contributed by atoms with E-state index in [0.29, 0.717) is 13.1 Å². The molecule has 0 bridgehead atoms. The van der Waals surface area contributed by atoms with E-state index in [9.17, 15) is 4.79 Å². The monoisotopic (exact) mass is 341 g/mol. The Bertz CT molecular complexity index is 445. The zero-order valence-electron chi connectivity index (χ0n) is 11.8. The summed E-state index contributed by atoms with van der Waals surface area (Å²) >= 11 is 3.32. The van der Waals surface area contributed by atoms with Crippen LogP contribution in [0, 0.1) is 0 Å². The van der Waals surface area contributed by atoms with Gasteiger partial charge in [-0.25, -0.2) is 14.8 Å². The Labute approximate surface area is 127 Å². The first-order valence-corrected chi connectivity index (χ1v) is 7.67. The molecule has 1 fully saturated rings. The lowest BCUT2D eigenvalue weighted by atomic mass is 10.2. The second-order valence-corrected chi connectivity index (χ2v) is 5.85. The standard InChI is InChI=1S/C13H20BrN5O/c1-3-10(2)17-13(20)19-6-4-18(5-7-19)12-15-8-11(14)9-16-12/h8-10H,3-7H2,1-2H3,(H,17,20). The molecule has 0 radical (unpaired) electrons. The molecular formula is C13H20BrN5O. The van der Waals surface area contributed by atoms with E-state index in [0.717, 1.165) is 29.9 Å². The van der Waals surface area contributed by atoms with Crippen molar-refractivity contribution in [1.82, 2.24) is 20.2 Å². The molecule has 2 heterocycles. The first-order chi connectivity index (χ1) is 9.60. The number of halogens is 1. The SMILES string of the molecule is CCC(C)NC(=O)N1CCN(c2ncc(Br)cn2)CC1. The van der Waals surface area contributed by atoms with Crippen molar-refractivity contribution >= 4 is 27.9 Å². The Kier molecular flexibility index (Phi) is 5.17. The molecule has 2 rings (SSSR count). The molecule has 1 aliphatic rings. The highest BCUT2D eigenvalue weighted by atomic mass is 79.9. The maximum Gasteiger partial charge on any atom is 0.317 e. The number of carbonyl (C=O) groups excluding carboxylic acids is 1. The maximum absolute atomic E-state index is 12.0. The minimum Gasteiger partial charge on any atom is -0.337 e. The molecule has 1 unspecified atom stereocenters. The molecule has 20 heavy (non-hydrogen) atoms. The molecule has 1 atom stereocenters. The van der Waals surface area contributed by atoms with Gasteiger partial charge in [-0.3, -0.25) is 0 Å². The molecular weight excluding hydrogens is 322 g/mol. The number of rotatable bonds is 3. The molecule has 0 spiro atoms. The van der Waals surface area contributed by atoms with E-state index in [1.165, 1.54) is 0 Å². The summed E-state index contributed by atoms with van der Waals surface area (Å²) in [6, 6.07) is 0.242. The minimum absolute atomic E-state index is 0.0238. The Morgan fingerprint density at radius 3 is 2.50 bits per heavy atom. The van der Waals surface area contributed by atoms with E-state index < -0.39 is 0 Å². The molecule has 1 aromatic heterocycles. The van der Waals surface area contributed by atoms with Gasteiger partial charge in [0.15, 0.2) is 0 Å². The molecule has 1 aliphatic heterocycles. The van der Waals surface area contributed by atoms with E-state index in [-0.39, 0.29) is 12.1 Å². The second-order valence-electron chi connectivity index (χ2n) is 4.93. The van der Waals surface area contributed by atoms with Gasteiger partial charge in [0.1, 0.15) is 0 Å². The van der Waals surface area contributed by atoms with Gasteiger partial charge in [0.2, 0.25) is 5.95 Å². The number of hydrogen-bond donors (Lipinski definition) is 1. The Hall–Kier alpha value is -1.37. The van der Waals surface area contributed by atoms with Crippen LogP contribution in [0.3, 0.4) is 0 Å². The second kappa shape index (κ2) is 6.88. The van der Waals surface area contributed by atoms with Gasteiger partial charge >= 0.3 is 6.03 Å². The summed E-state index contributed by atoms with van der Waals surface area (Å²) < 4.78 is 0.868. The predicted octanol–water partition coefficient (Wildman–Crippen LogP) is 1.87. The number of anilines is 1. The van der Waals surface area contributed by atoms with Crippen LogP contribution in [0.5, 0.6) is 0 Å². The third-order valence-electron chi connectivity index (χ3n) is 3.44. The largest absolute Gasteiger partial charge is 0.337 e. The topological polar surface area (TPSA) is 61.4 Å². The average molecular weight is 342 g/mol. The van der Waals surface area contributed by atoms with Gasteiger partial charge in [0, 0.05) is 44.6 Å². The number of urea groups is 1. The first kappa shape index (κ1) is 15.0. The predicted molar refractivity (Wildman–Crippen MR) is 81.8 cm³/mol. The summed E-state index contributed by atoms with van der Waals surface area (Å²) in [7, 11) is 0. The third kappa shape index (κ3) is 3.82. The fourth-order valence-corrected chi connectivity index (χ4v) is 2.19. The van der Waals surface area contributed by atoms with Crippen LogP contribution in [-0.4, -0.2) is 53.1 Å². The van der Waals surface area contributed by atoms with Crippen molar-refractivity contribution in [3.8, 4) is 0 Å². The number of amides is 2. The summed E-state index contributed by atoms with van der Waals surface area (Å²) in [5.41, 5.74) is 0. The van der Waals surface area contributed by atoms with Gasteiger partial charge < -0.3 is 15.1 Å². The quantitative estimate of drug-likeness (QED) is 0.911. The van der Waals surface area contributed by atoms with Gasteiger partial charge in [0.05, 0.1) is 4.47 Å². The van der Waals surface area contributed by atoms with Crippen LogP contribution in [0.15, 0.2) is 16.9 Å². The van der Waals surface area contributed by atoms with Crippen LogP contribution >= 0.6 is 15.9 Å². The van der Waals surface area contributed by atoms with E-state index in [4.69, 9.17) is 0 Å². The molecule has 1 aromatic rings. The maximum atomic E-state index is 12.0. The van der Waals surface area contributed by atoms with Gasteiger partial charge in [-0.15, -0.1) is 0 Å². The van der Waals surface area contributed by atoms with E-state index >= 15 is 0 Å². The molecule has 0 aliphatic carbocycles. The summed E-state index contributed by atoms with van der Waals surface area (Å²) in [5, 5.41) is 2.99. The van der Waals surface area contributed by atoms with Crippen LogP contribution in [-0.2, 0) is 0 Å². The van der Waals surface area contributed by atoms with Crippen molar-refractivity contribution in [1.29, 1.82) is 0 Å². The van der Waals surface area contributed by atoms with Crippen LogP contribution in [0.25, 0.3) is 0 Å². The molecule has 0 saturated carbocycles. The Balaban J connectivity index is 1.86. The first-order valence-electron chi connectivity index (χ1n) is 6.88. The summed E-state index contributed by atoms with van der Waals surface area (Å²) in [6.45, 7) is 6.99. The fraction of sp³-hybridized carbons (Fsp3) is 0.615. The van der Waals surface area contributed by atoms with E-state index in [1.54, 1.807) is 12.4 Å². The Morgan fingerprint density at radius 1 is 1.35 bits per heavy atom. The van der Waals surface area contributed by atoms with Crippen molar-refractivity contribution in [3.05, 3.63) is 16.9 Å². The third-order valence-corrected chi connectivity index (χ3v) is 3.85. The summed E-state index contributed by atoms with van der Waals surface area (Å²) in [5.74, 6) is 0.718. The molecule has 0 aromatic carbocycles. The van der Waals surface area contributed by atoms with Crippen LogP contribution in [0.2, 0.25) is 0 Å². The number of piperazine rings is 1. The molecule has 1 N–H and O–H groups in total. The minimum atomic E-state index is 0.0238. The lowest BCUT2D eigenvalue weighted by molar-refractivity contribution is 0.190. The average Bonchev–Trinajstić information content (AvgIpc) is 2.48. The molecule has 110 valence electrons. The molecule has 7 heteroatoms. The zero-order valence-corrected chi connectivity index (χ0v) is 13.4. The van der Waals surface area contributed by atoms with Crippen molar-refractivity contribution in [3.63, 3.8) is 0 Å². The summed E-state index contributed by atoms with van der Waals surface area (Å²) in [6.07, 6.45) is 4.42. The van der Waals surface area contributed by atoms with Crippen molar-refractivity contribution in [2.75, 3.05) is 31.1 Å². The highest BCUT2D eigenvalue weighted by Crippen LogP contribution is 2.13. The lowest BCUT2D eigenvalue weighted by Crippen LogP contribution is -2.53. The van der Waals surface area contributed by atoms with Gasteiger partial charge in [-0.05, 0) is 29.3 Å². The van der Waals surface area contributed by atoms with Crippen molar-refractivity contribution in [2.24, 2.45) is 0 Å². The molecule has 2 amide bonds. The number of hydrogen-bond acceptors (Lipinski definition) is 4. The number of aromatic nitrogens is 2. The zero-order chi connectivity index (χ0) is 14.5. The van der Waals surface area contributed by atoms with Gasteiger partial charge in [0.25, 0.3) is 0 Å². The van der Waals surface area contributed by atoms with Crippen molar-refractivity contribution in [2.45, 2.75) is 26.3 Å². The highest BCUT2D eigenvalue weighted by Gasteiger charge is 2.22. The normalized spacial score (nSPS) is 16.9. The van der Waals surface area contributed by atoms with Crippen LogP contribution in [0.4, 0.5) is 10.7 Å². The highest BCUT2D eigenvalue weighted by molar-refractivity contribution is 9.10. The summed E-state index contributed by atoms with van der Waals surface area (Å²) in [4.78, 5) is 24.5. The van der Waals surface area contributed by atoms with Gasteiger partial charge in [-0.1, -0.05) is 6.92 Å². The number of nitrogens with zero attached hydrogens (tertiary/aromatic N) is 4. The van der Waals surface area contributed by atoms with Crippen molar-refractivity contribution < 1.29 is 4.79 Å². The fourth-order valence-electron chi connectivity index (χ4n) is 1.98.